The van der Waals surface area contributed by atoms with Crippen LogP contribution in [0.3, 0.4) is 0 Å². The number of thiazole rings is 1. The highest BCUT2D eigenvalue weighted by Crippen LogP contribution is 2.23. The molecule has 2 aromatic rings. The molecule has 0 saturated carbocycles. The van der Waals surface area contributed by atoms with E-state index in [9.17, 15) is 0 Å². The van der Waals surface area contributed by atoms with Gasteiger partial charge in [0.2, 0.25) is 0 Å². The maximum absolute atomic E-state index is 6.18. The van der Waals surface area contributed by atoms with Crippen LogP contribution in [0.4, 0.5) is 0 Å². The third-order valence-corrected chi connectivity index (χ3v) is 5.08. The third kappa shape index (κ3) is 4.02. The SMILES string of the molecule is CCc1cnc(C(C)NCc2cc(Br)ccc2Cl)s1. The lowest BCUT2D eigenvalue weighted by Gasteiger charge is -2.12. The molecule has 102 valence electrons. The highest BCUT2D eigenvalue weighted by atomic mass is 79.9. The average molecular weight is 360 g/mol. The fraction of sp³-hybridized carbons (Fsp3) is 0.357. The highest BCUT2D eigenvalue weighted by molar-refractivity contribution is 9.10. The number of rotatable bonds is 5. The molecule has 1 N–H and O–H groups in total. The van der Waals surface area contributed by atoms with Gasteiger partial charge in [-0.3, -0.25) is 0 Å². The molecule has 1 atom stereocenters. The van der Waals surface area contributed by atoms with Crippen molar-refractivity contribution in [1.82, 2.24) is 10.3 Å². The van der Waals surface area contributed by atoms with Crippen LogP contribution >= 0.6 is 38.9 Å². The predicted octanol–water partition coefficient (Wildman–Crippen LogP) is 4.97. The van der Waals surface area contributed by atoms with E-state index < -0.39 is 0 Å². The van der Waals surface area contributed by atoms with Gasteiger partial charge in [0.25, 0.3) is 0 Å². The quantitative estimate of drug-likeness (QED) is 0.815. The second kappa shape index (κ2) is 6.84. The van der Waals surface area contributed by atoms with Crippen molar-refractivity contribution in [3.63, 3.8) is 0 Å². The normalized spacial score (nSPS) is 12.6. The molecular weight excluding hydrogens is 344 g/mol. The lowest BCUT2D eigenvalue weighted by atomic mass is 10.2. The summed E-state index contributed by atoms with van der Waals surface area (Å²) in [4.78, 5) is 5.78. The smallest absolute Gasteiger partial charge is 0.109 e. The summed E-state index contributed by atoms with van der Waals surface area (Å²) in [5, 5.41) is 5.38. The first-order valence-corrected chi connectivity index (χ1v) is 8.20. The van der Waals surface area contributed by atoms with Gasteiger partial charge in [-0.25, -0.2) is 4.98 Å². The number of hydrogen-bond donors (Lipinski definition) is 1. The van der Waals surface area contributed by atoms with E-state index in [0.717, 1.165) is 33.0 Å². The monoisotopic (exact) mass is 358 g/mol. The van der Waals surface area contributed by atoms with E-state index >= 15 is 0 Å². The summed E-state index contributed by atoms with van der Waals surface area (Å²) in [6.45, 7) is 5.02. The third-order valence-electron chi connectivity index (χ3n) is 2.90. The van der Waals surface area contributed by atoms with Crippen LogP contribution in [0.2, 0.25) is 5.02 Å². The van der Waals surface area contributed by atoms with Gasteiger partial charge in [0.1, 0.15) is 5.01 Å². The zero-order valence-corrected chi connectivity index (χ0v) is 14.1. The molecular formula is C14H16BrClN2S. The minimum absolute atomic E-state index is 0.236. The Morgan fingerprint density at radius 2 is 2.26 bits per heavy atom. The summed E-state index contributed by atoms with van der Waals surface area (Å²) in [7, 11) is 0. The number of nitrogens with one attached hydrogen (secondary N) is 1. The molecule has 0 radical (unpaired) electrons. The summed E-state index contributed by atoms with van der Waals surface area (Å²) in [6, 6.07) is 6.14. The molecule has 0 bridgehead atoms. The van der Waals surface area contributed by atoms with Crippen molar-refractivity contribution >= 4 is 38.9 Å². The molecule has 0 saturated heterocycles. The van der Waals surface area contributed by atoms with Crippen molar-refractivity contribution in [2.45, 2.75) is 32.9 Å². The van der Waals surface area contributed by atoms with Crippen molar-refractivity contribution in [1.29, 1.82) is 0 Å². The Bertz CT molecular complexity index is 556. The fourth-order valence-corrected chi connectivity index (χ4v) is 3.19. The number of aryl methyl sites for hydroxylation is 1. The van der Waals surface area contributed by atoms with Gasteiger partial charge in [-0.05, 0) is 37.1 Å². The number of hydrogen-bond acceptors (Lipinski definition) is 3. The lowest BCUT2D eigenvalue weighted by Crippen LogP contribution is -2.18. The zero-order chi connectivity index (χ0) is 13.8. The Morgan fingerprint density at radius 3 is 2.95 bits per heavy atom. The zero-order valence-electron chi connectivity index (χ0n) is 10.9. The van der Waals surface area contributed by atoms with Crippen LogP contribution in [0.15, 0.2) is 28.9 Å². The topological polar surface area (TPSA) is 24.9 Å². The van der Waals surface area contributed by atoms with Crippen LogP contribution < -0.4 is 5.32 Å². The van der Waals surface area contributed by atoms with Crippen molar-refractivity contribution in [3.8, 4) is 0 Å². The molecule has 1 aromatic carbocycles. The molecule has 19 heavy (non-hydrogen) atoms. The maximum atomic E-state index is 6.18. The Kier molecular flexibility index (Phi) is 5.39. The van der Waals surface area contributed by atoms with E-state index in [2.05, 4.69) is 40.1 Å². The van der Waals surface area contributed by atoms with Crippen molar-refractivity contribution in [2.75, 3.05) is 0 Å². The minimum atomic E-state index is 0.236. The maximum Gasteiger partial charge on any atom is 0.109 e. The van der Waals surface area contributed by atoms with Gasteiger partial charge >= 0.3 is 0 Å². The lowest BCUT2D eigenvalue weighted by molar-refractivity contribution is 0.572. The van der Waals surface area contributed by atoms with Crippen molar-refractivity contribution in [2.24, 2.45) is 0 Å². The molecule has 1 heterocycles. The summed E-state index contributed by atoms with van der Waals surface area (Å²) in [5.41, 5.74) is 1.09. The predicted molar refractivity (Wildman–Crippen MR) is 85.9 cm³/mol. The molecule has 0 spiro atoms. The number of halogens is 2. The average Bonchev–Trinajstić information content (AvgIpc) is 2.88. The van der Waals surface area contributed by atoms with Crippen molar-refractivity contribution in [3.05, 3.63) is 49.3 Å². The van der Waals surface area contributed by atoms with Gasteiger partial charge in [0, 0.05) is 27.1 Å². The van der Waals surface area contributed by atoms with Gasteiger partial charge in [-0.1, -0.05) is 34.5 Å². The van der Waals surface area contributed by atoms with Gasteiger partial charge in [-0.2, -0.15) is 0 Å². The van der Waals surface area contributed by atoms with Crippen LogP contribution in [-0.2, 0) is 13.0 Å². The second-order valence-electron chi connectivity index (χ2n) is 4.36. The first kappa shape index (κ1) is 15.0. The fourth-order valence-electron chi connectivity index (χ4n) is 1.72. The second-order valence-corrected chi connectivity index (χ2v) is 6.83. The standard InChI is InChI=1S/C14H16BrClN2S/c1-3-12-8-18-14(19-12)9(2)17-7-10-6-11(15)4-5-13(10)16/h4-6,8-9,17H,3,7H2,1-2H3. The number of aromatic nitrogens is 1. The van der Waals surface area contributed by atoms with Crippen LogP contribution in [0.25, 0.3) is 0 Å². The van der Waals surface area contributed by atoms with E-state index in [-0.39, 0.29) is 6.04 Å². The highest BCUT2D eigenvalue weighted by Gasteiger charge is 2.10. The van der Waals surface area contributed by atoms with E-state index in [1.54, 1.807) is 11.3 Å². The molecule has 0 aliphatic heterocycles. The molecule has 5 heteroatoms. The molecule has 0 fully saturated rings. The molecule has 0 aliphatic carbocycles. The molecule has 0 amide bonds. The molecule has 1 aromatic heterocycles. The van der Waals surface area contributed by atoms with Gasteiger partial charge in [-0.15, -0.1) is 11.3 Å². The first-order chi connectivity index (χ1) is 9.10. The van der Waals surface area contributed by atoms with Gasteiger partial charge in [0.05, 0.1) is 6.04 Å². The summed E-state index contributed by atoms with van der Waals surface area (Å²) in [6.07, 6.45) is 3.01. The van der Waals surface area contributed by atoms with Gasteiger partial charge < -0.3 is 5.32 Å². The van der Waals surface area contributed by atoms with E-state index in [0.29, 0.717) is 0 Å². The Hall–Kier alpha value is -0.420. The largest absolute Gasteiger partial charge is 0.304 e. The van der Waals surface area contributed by atoms with E-state index in [1.807, 2.05) is 24.4 Å². The van der Waals surface area contributed by atoms with Crippen LogP contribution in [0, 0.1) is 0 Å². The Labute approximate surface area is 131 Å². The number of nitrogens with zero attached hydrogens (tertiary/aromatic N) is 1. The van der Waals surface area contributed by atoms with Crippen LogP contribution in [-0.4, -0.2) is 4.98 Å². The summed E-state index contributed by atoms with van der Waals surface area (Å²) >= 11 is 11.4. The molecule has 1 unspecified atom stereocenters. The number of benzene rings is 1. The first-order valence-electron chi connectivity index (χ1n) is 6.22. The van der Waals surface area contributed by atoms with Crippen molar-refractivity contribution < 1.29 is 0 Å². The summed E-state index contributed by atoms with van der Waals surface area (Å²) in [5.74, 6) is 0. The molecule has 2 nitrogen and oxygen atoms in total. The van der Waals surface area contributed by atoms with Crippen LogP contribution in [0.5, 0.6) is 0 Å². The van der Waals surface area contributed by atoms with E-state index in [4.69, 9.17) is 11.6 Å². The van der Waals surface area contributed by atoms with E-state index in [1.165, 1.54) is 4.88 Å². The van der Waals surface area contributed by atoms with Gasteiger partial charge in [0.15, 0.2) is 0 Å². The Morgan fingerprint density at radius 1 is 1.47 bits per heavy atom. The Balaban J connectivity index is 1.99. The minimum Gasteiger partial charge on any atom is -0.304 e. The molecule has 0 aliphatic rings. The summed E-state index contributed by atoms with van der Waals surface area (Å²) < 4.78 is 1.05. The van der Waals surface area contributed by atoms with Crippen LogP contribution in [0.1, 0.15) is 35.3 Å². The molecule has 2 rings (SSSR count).